The predicted octanol–water partition coefficient (Wildman–Crippen LogP) is -1.38. The van der Waals surface area contributed by atoms with E-state index in [0.717, 1.165) is 0 Å². The molecule has 0 aromatic heterocycles. The fourth-order valence-electron chi connectivity index (χ4n) is 0.150. The molecule has 74 valence electrons. The Morgan fingerprint density at radius 2 is 1.42 bits per heavy atom. The lowest BCUT2D eigenvalue weighted by atomic mass is 9.95. The zero-order chi connectivity index (χ0) is 10.2. The summed E-state index contributed by atoms with van der Waals surface area (Å²) >= 11 is 0. The number of aliphatic hydroxyl groups excluding tert-OH is 3. The highest BCUT2D eigenvalue weighted by Crippen LogP contribution is 2.10. The summed E-state index contributed by atoms with van der Waals surface area (Å²) in [5.41, 5.74) is -0.708. The van der Waals surface area contributed by atoms with E-state index in [4.69, 9.17) is 30.6 Å². The van der Waals surface area contributed by atoms with E-state index in [1.165, 1.54) is 0 Å². The quantitative estimate of drug-likeness (QED) is 0.316. The molecule has 0 spiro atoms. The first-order chi connectivity index (χ1) is 5.41. The number of aliphatic hydroxyl groups is 3. The molecule has 0 heterocycles. The molecule has 0 aromatic carbocycles. The van der Waals surface area contributed by atoms with Gasteiger partial charge in [-0.1, -0.05) is 6.92 Å². The van der Waals surface area contributed by atoms with Crippen molar-refractivity contribution in [2.45, 2.75) is 6.92 Å². The molecule has 0 amide bonds. The van der Waals surface area contributed by atoms with Crippen molar-refractivity contribution in [3.63, 3.8) is 0 Å². The fourth-order valence-corrected chi connectivity index (χ4v) is 0.150. The van der Waals surface area contributed by atoms with Gasteiger partial charge in [-0.25, -0.2) is 0 Å². The van der Waals surface area contributed by atoms with Gasteiger partial charge < -0.3 is 20.5 Å². The van der Waals surface area contributed by atoms with Crippen LogP contribution in [0.3, 0.4) is 0 Å². The summed E-state index contributed by atoms with van der Waals surface area (Å²) in [6.07, 6.45) is 0. The first kappa shape index (κ1) is 13.7. The topological polar surface area (TPSA) is 124 Å². The Kier molecular flexibility index (Phi) is 7.70. The molecule has 7 heteroatoms. The number of rotatable bonds is 3. The minimum absolute atomic E-state index is 0.181. The second-order valence-corrected chi connectivity index (χ2v) is 2.52. The third-order valence-corrected chi connectivity index (χ3v) is 1.15. The normalized spacial score (nSPS) is 10.0. The van der Waals surface area contributed by atoms with Crippen LogP contribution in [0.5, 0.6) is 0 Å². The van der Waals surface area contributed by atoms with Crippen LogP contribution >= 0.6 is 0 Å². The van der Waals surface area contributed by atoms with Crippen LogP contribution in [0.4, 0.5) is 0 Å². The zero-order valence-electron chi connectivity index (χ0n) is 6.67. The molecule has 0 saturated carbocycles. The fraction of sp³-hybridized carbons (Fsp3) is 1.00. The van der Waals surface area contributed by atoms with Crippen molar-refractivity contribution in [3.05, 3.63) is 10.1 Å². The monoisotopic (exact) mass is 183 g/mol. The molecule has 12 heavy (non-hydrogen) atoms. The Labute approximate surface area is 69.0 Å². The summed E-state index contributed by atoms with van der Waals surface area (Å²) in [5.74, 6) is 0. The smallest absolute Gasteiger partial charge is 0.291 e. The minimum Gasteiger partial charge on any atom is -0.396 e. The maximum Gasteiger partial charge on any atom is 0.291 e. The molecule has 0 aliphatic rings. The second-order valence-electron chi connectivity index (χ2n) is 2.52. The van der Waals surface area contributed by atoms with Gasteiger partial charge in [0.05, 0.1) is 19.8 Å². The van der Waals surface area contributed by atoms with Crippen LogP contribution in [0.15, 0.2) is 0 Å². The molecular formula is C5H13NO6. The van der Waals surface area contributed by atoms with Gasteiger partial charge in [0.25, 0.3) is 5.09 Å². The average molecular weight is 183 g/mol. The molecular weight excluding hydrogens is 170 g/mol. The summed E-state index contributed by atoms with van der Waals surface area (Å²) in [4.78, 5) is 8.36. The molecule has 0 fully saturated rings. The Morgan fingerprint density at radius 3 is 1.42 bits per heavy atom. The van der Waals surface area contributed by atoms with E-state index in [2.05, 4.69) is 0 Å². The molecule has 0 aliphatic carbocycles. The summed E-state index contributed by atoms with van der Waals surface area (Å²) in [6, 6.07) is 0. The molecule has 7 nitrogen and oxygen atoms in total. The zero-order valence-corrected chi connectivity index (χ0v) is 6.67. The Morgan fingerprint density at radius 1 is 1.25 bits per heavy atom. The van der Waals surface area contributed by atoms with Gasteiger partial charge in [-0.15, -0.1) is 10.1 Å². The lowest BCUT2D eigenvalue weighted by Gasteiger charge is -2.20. The number of hydrogen-bond donors (Lipinski definition) is 4. The van der Waals surface area contributed by atoms with Crippen LogP contribution < -0.4 is 0 Å². The highest BCUT2D eigenvalue weighted by atomic mass is 16.9. The van der Waals surface area contributed by atoms with Crippen molar-refractivity contribution in [1.29, 1.82) is 0 Å². The minimum atomic E-state index is -1.50. The molecule has 4 N–H and O–H groups in total. The summed E-state index contributed by atoms with van der Waals surface area (Å²) in [5, 5.41) is 39.0. The first-order valence-electron chi connectivity index (χ1n) is 3.07. The van der Waals surface area contributed by atoms with Gasteiger partial charge in [0.1, 0.15) is 0 Å². The van der Waals surface area contributed by atoms with Gasteiger partial charge in [-0.3, -0.25) is 0 Å². The van der Waals surface area contributed by atoms with Crippen LogP contribution in [0.25, 0.3) is 0 Å². The van der Waals surface area contributed by atoms with Crippen LogP contribution in [0.2, 0.25) is 0 Å². The lowest BCUT2D eigenvalue weighted by Crippen LogP contribution is -2.29. The molecule has 0 radical (unpaired) electrons. The van der Waals surface area contributed by atoms with E-state index in [9.17, 15) is 0 Å². The maximum atomic E-state index is 8.47. The van der Waals surface area contributed by atoms with E-state index in [1.54, 1.807) is 6.92 Å². The standard InChI is InChI=1S/C5H12O3.HNO3/c1-5(2-6,3-7)4-8;2-1(3)4/h6-8H,2-4H2,1H3;(H,2,3,4). The molecule has 0 aliphatic heterocycles. The van der Waals surface area contributed by atoms with Gasteiger partial charge in [0, 0.05) is 5.41 Å². The van der Waals surface area contributed by atoms with E-state index < -0.39 is 10.5 Å². The Hall–Kier alpha value is -0.920. The van der Waals surface area contributed by atoms with Crippen LogP contribution in [-0.4, -0.2) is 45.4 Å². The average Bonchev–Trinajstić information content (AvgIpc) is 2.02. The van der Waals surface area contributed by atoms with Gasteiger partial charge in [0.15, 0.2) is 0 Å². The highest BCUT2D eigenvalue weighted by Gasteiger charge is 2.20. The highest BCUT2D eigenvalue weighted by molar-refractivity contribution is 4.69. The molecule has 0 saturated heterocycles. The molecule has 0 aromatic rings. The van der Waals surface area contributed by atoms with Gasteiger partial charge in [-0.2, -0.15) is 0 Å². The van der Waals surface area contributed by atoms with Crippen molar-refractivity contribution in [2.75, 3.05) is 19.8 Å². The van der Waals surface area contributed by atoms with E-state index in [1.807, 2.05) is 0 Å². The molecule has 0 atom stereocenters. The van der Waals surface area contributed by atoms with Gasteiger partial charge in [0.2, 0.25) is 0 Å². The summed E-state index contributed by atoms with van der Waals surface area (Å²) in [7, 11) is 0. The second kappa shape index (κ2) is 6.77. The number of hydrogen-bond acceptors (Lipinski definition) is 5. The van der Waals surface area contributed by atoms with Gasteiger partial charge >= 0.3 is 0 Å². The Bertz CT molecular complexity index is 111. The largest absolute Gasteiger partial charge is 0.396 e. The first-order valence-corrected chi connectivity index (χ1v) is 3.07. The van der Waals surface area contributed by atoms with Crippen LogP contribution in [0, 0.1) is 15.5 Å². The van der Waals surface area contributed by atoms with Crippen LogP contribution in [0.1, 0.15) is 6.92 Å². The molecule has 0 bridgehead atoms. The van der Waals surface area contributed by atoms with Gasteiger partial charge in [-0.05, 0) is 0 Å². The lowest BCUT2D eigenvalue weighted by molar-refractivity contribution is -0.742. The molecule has 0 rings (SSSR count). The van der Waals surface area contributed by atoms with Crippen molar-refractivity contribution in [2.24, 2.45) is 5.41 Å². The summed E-state index contributed by atoms with van der Waals surface area (Å²) < 4.78 is 0. The predicted molar refractivity (Wildman–Crippen MR) is 38.1 cm³/mol. The van der Waals surface area contributed by atoms with Crippen molar-refractivity contribution < 1.29 is 25.6 Å². The third-order valence-electron chi connectivity index (χ3n) is 1.15. The van der Waals surface area contributed by atoms with E-state index in [-0.39, 0.29) is 19.8 Å². The van der Waals surface area contributed by atoms with Crippen molar-refractivity contribution >= 4 is 0 Å². The number of nitrogens with zero attached hydrogens (tertiary/aromatic N) is 1. The van der Waals surface area contributed by atoms with Crippen molar-refractivity contribution in [3.8, 4) is 0 Å². The SMILES string of the molecule is CC(CO)(CO)CO.O=[N+]([O-])O. The van der Waals surface area contributed by atoms with E-state index >= 15 is 0 Å². The Balaban J connectivity index is 0. The summed E-state index contributed by atoms with van der Waals surface area (Å²) in [6.45, 7) is 1.06. The van der Waals surface area contributed by atoms with Crippen LogP contribution in [-0.2, 0) is 0 Å². The molecule has 0 unspecified atom stereocenters. The van der Waals surface area contributed by atoms with E-state index in [0.29, 0.717) is 0 Å². The van der Waals surface area contributed by atoms with Crippen molar-refractivity contribution in [1.82, 2.24) is 0 Å². The third kappa shape index (κ3) is 9.08. The maximum absolute atomic E-state index is 8.47.